The van der Waals surface area contributed by atoms with Crippen LogP contribution in [0.25, 0.3) is 11.4 Å². The van der Waals surface area contributed by atoms with Crippen molar-refractivity contribution in [2.24, 2.45) is 0 Å². The summed E-state index contributed by atoms with van der Waals surface area (Å²) >= 11 is 13.2. The number of halogens is 7. The zero-order valence-corrected chi connectivity index (χ0v) is 34.2. The van der Waals surface area contributed by atoms with Crippen LogP contribution in [0.2, 0.25) is 0 Å². The Morgan fingerprint density at radius 3 is 1.81 bits per heavy atom. The number of carbonyl (C=O) groups is 1. The van der Waals surface area contributed by atoms with Crippen molar-refractivity contribution in [2.45, 2.75) is 33.0 Å². The molecule has 0 saturated heterocycles. The first-order valence-corrected chi connectivity index (χ1v) is 18.5. The predicted molar refractivity (Wildman–Crippen MR) is 206 cm³/mol. The van der Waals surface area contributed by atoms with Gasteiger partial charge in [0.25, 0.3) is 0 Å². The summed E-state index contributed by atoms with van der Waals surface area (Å²) < 4.78 is 37.6. The van der Waals surface area contributed by atoms with Crippen molar-refractivity contribution in [3.8, 4) is 11.4 Å². The third-order valence-corrected chi connectivity index (χ3v) is 11.5. The van der Waals surface area contributed by atoms with Crippen molar-refractivity contribution in [1.29, 1.82) is 0 Å². The van der Waals surface area contributed by atoms with Crippen molar-refractivity contribution < 1.29 is 18.7 Å². The van der Waals surface area contributed by atoms with Crippen molar-refractivity contribution >= 4 is 106 Å². The fourth-order valence-electron chi connectivity index (χ4n) is 4.17. The first-order valence-electron chi connectivity index (χ1n) is 13.7. The van der Waals surface area contributed by atoms with E-state index in [9.17, 15) is 18.7 Å². The van der Waals surface area contributed by atoms with Gasteiger partial charge in [-0.15, -0.1) is 0 Å². The zero-order chi connectivity index (χ0) is 34.2. The molecule has 2 aromatic carbocycles. The van der Waals surface area contributed by atoms with Gasteiger partial charge in [-0.05, 0) is 150 Å². The number of hydrogen-bond donors (Lipinski definition) is 1. The molecular weight excluding hydrogens is 1080 g/mol. The van der Waals surface area contributed by atoms with E-state index in [0.29, 0.717) is 29.8 Å². The Balaban J connectivity index is 0.000000178. The molecule has 1 unspecified atom stereocenters. The van der Waals surface area contributed by atoms with Gasteiger partial charge in [0.15, 0.2) is 6.29 Å². The first kappa shape index (κ1) is 37.7. The Kier molecular flexibility index (Phi) is 14.1. The number of aliphatic hydroxyl groups excluding tert-OH is 1. The Bertz CT molecular complexity index is 1980. The van der Waals surface area contributed by atoms with E-state index >= 15 is 0 Å². The molecule has 6 rings (SSSR count). The summed E-state index contributed by atoms with van der Waals surface area (Å²) in [4.78, 5) is 18.7. The molecule has 1 N–H and O–H groups in total. The molecular formula is C30H25Br2F2I3N8O2. The molecule has 0 aliphatic rings. The number of carbonyl (C=O) groups excluding carboxylic acids is 1. The number of hydrogen-bond acceptors (Lipinski definition) is 6. The zero-order valence-electron chi connectivity index (χ0n) is 24.6. The van der Waals surface area contributed by atoms with Gasteiger partial charge >= 0.3 is 0 Å². The summed E-state index contributed by atoms with van der Waals surface area (Å²) in [6.45, 7) is 5.65. The Hall–Kier alpha value is -2.08. The lowest BCUT2D eigenvalue weighted by Crippen LogP contribution is -2.08. The minimum Gasteiger partial charge on any atom is -0.382 e. The van der Waals surface area contributed by atoms with Gasteiger partial charge in [-0.1, -0.05) is 0 Å². The van der Waals surface area contributed by atoms with Crippen LogP contribution in [0, 0.1) is 22.3 Å². The number of aromatic nitrogens is 8. The molecule has 0 saturated carbocycles. The Labute approximate surface area is 326 Å². The third kappa shape index (κ3) is 9.13. The summed E-state index contributed by atoms with van der Waals surface area (Å²) in [6, 6.07) is 8.87. The highest BCUT2D eigenvalue weighted by atomic mass is 127. The molecule has 47 heavy (non-hydrogen) atoms. The van der Waals surface area contributed by atoms with Crippen LogP contribution in [-0.4, -0.2) is 50.1 Å². The quantitative estimate of drug-likeness (QED) is 0.127. The van der Waals surface area contributed by atoms with Crippen LogP contribution >= 0.6 is 99.6 Å². The normalized spacial score (nSPS) is 11.4. The molecule has 0 spiro atoms. The van der Waals surface area contributed by atoms with E-state index in [-0.39, 0.29) is 11.6 Å². The molecule has 0 bridgehead atoms. The van der Waals surface area contributed by atoms with Crippen LogP contribution in [0.4, 0.5) is 8.78 Å². The summed E-state index contributed by atoms with van der Waals surface area (Å²) in [7, 11) is 0. The number of benzene rings is 2. The fraction of sp³-hybridized carbons (Fsp3) is 0.167. The SMILES string of the molecule is CCn1ncc(C(O)c2cncn2-c2ccc(F)cc2I)c1Br.CCn1ncc(I)c1Br.O=Cc1cncn1-c1ccc(F)cc1I. The number of rotatable bonds is 7. The van der Waals surface area contributed by atoms with Crippen molar-refractivity contribution in [1.82, 2.24) is 38.7 Å². The lowest BCUT2D eigenvalue weighted by atomic mass is 10.1. The number of nitrogens with zero attached hydrogens (tertiary/aromatic N) is 8. The number of imidazole rings is 2. The van der Waals surface area contributed by atoms with Crippen LogP contribution < -0.4 is 0 Å². The second kappa shape index (κ2) is 17.5. The summed E-state index contributed by atoms with van der Waals surface area (Å²) in [5.74, 6) is -0.594. The Morgan fingerprint density at radius 1 is 0.787 bits per heavy atom. The number of aldehydes is 1. The van der Waals surface area contributed by atoms with Gasteiger partial charge in [-0.25, -0.2) is 18.7 Å². The molecule has 0 aliphatic heterocycles. The van der Waals surface area contributed by atoms with Crippen molar-refractivity contribution in [3.63, 3.8) is 0 Å². The topological polar surface area (TPSA) is 109 Å². The molecule has 0 amide bonds. The van der Waals surface area contributed by atoms with Crippen LogP contribution in [0.3, 0.4) is 0 Å². The second-order valence-corrected chi connectivity index (χ2v) is 14.4. The maximum atomic E-state index is 13.3. The molecule has 4 aromatic heterocycles. The molecule has 6 aromatic rings. The second-order valence-electron chi connectivity index (χ2n) is 9.39. The minimum absolute atomic E-state index is 0.295. The summed E-state index contributed by atoms with van der Waals surface area (Å²) in [5.41, 5.74) is 3.20. The lowest BCUT2D eigenvalue weighted by Gasteiger charge is -2.14. The molecule has 10 nitrogen and oxygen atoms in total. The van der Waals surface area contributed by atoms with E-state index in [1.54, 1.807) is 44.7 Å². The van der Waals surface area contributed by atoms with Crippen molar-refractivity contribution in [3.05, 3.63) is 122 Å². The standard InChI is InChI=1S/C15H13BrFIN4O.C10H6FIN2O.C5H6BrIN2/c1-2-22-15(16)10(6-20-22)14(23)13-7-19-8-21(13)12-4-3-9(17)5-11(12)18;11-7-1-2-10(9(12)3-7)14-6-13-4-8(14)5-15;1-2-9-5(6)4(7)3-8-9/h3-8,14,23H,2H2,1H3;1-6H;3H,2H2,1H3. The van der Waals surface area contributed by atoms with E-state index < -0.39 is 6.10 Å². The van der Waals surface area contributed by atoms with E-state index in [1.807, 2.05) is 40.4 Å². The molecule has 1 atom stereocenters. The molecule has 0 aliphatic carbocycles. The van der Waals surface area contributed by atoms with Gasteiger partial charge in [0, 0.05) is 25.8 Å². The van der Waals surface area contributed by atoms with Crippen LogP contribution in [-0.2, 0) is 13.1 Å². The third-order valence-electron chi connectivity index (χ3n) is 6.50. The highest BCUT2D eigenvalue weighted by Gasteiger charge is 2.22. The number of aliphatic hydroxyl groups is 1. The summed E-state index contributed by atoms with van der Waals surface area (Å²) in [5, 5.41) is 19.1. The summed E-state index contributed by atoms with van der Waals surface area (Å²) in [6.07, 6.45) is 9.48. The molecule has 246 valence electrons. The smallest absolute Gasteiger partial charge is 0.168 e. The maximum Gasteiger partial charge on any atom is 0.168 e. The van der Waals surface area contributed by atoms with Crippen molar-refractivity contribution in [2.75, 3.05) is 0 Å². The van der Waals surface area contributed by atoms with Gasteiger partial charge in [-0.3, -0.25) is 23.3 Å². The molecule has 0 fully saturated rings. The average Bonchev–Trinajstić information content (AvgIpc) is 3.86. The maximum absolute atomic E-state index is 13.3. The van der Waals surface area contributed by atoms with Gasteiger partial charge < -0.3 is 5.11 Å². The van der Waals surface area contributed by atoms with E-state index in [1.165, 1.54) is 36.8 Å². The van der Waals surface area contributed by atoms with Crippen LogP contribution in [0.1, 0.15) is 41.7 Å². The molecule has 17 heteroatoms. The highest BCUT2D eigenvalue weighted by Crippen LogP contribution is 2.31. The van der Waals surface area contributed by atoms with Gasteiger partial charge in [0.1, 0.15) is 32.6 Å². The monoisotopic (exact) mass is 1110 g/mol. The van der Waals surface area contributed by atoms with Gasteiger partial charge in [0.2, 0.25) is 0 Å². The highest BCUT2D eigenvalue weighted by molar-refractivity contribution is 14.1. The number of aryl methyl sites for hydroxylation is 2. The van der Waals surface area contributed by atoms with E-state index in [2.05, 4.69) is 104 Å². The first-order chi connectivity index (χ1) is 22.5. The van der Waals surface area contributed by atoms with Gasteiger partial charge in [-0.2, -0.15) is 10.2 Å². The van der Waals surface area contributed by atoms with Crippen LogP contribution in [0.15, 0.2) is 83.0 Å². The lowest BCUT2D eigenvalue weighted by molar-refractivity contribution is 0.111. The van der Waals surface area contributed by atoms with Crippen LogP contribution in [0.5, 0.6) is 0 Å². The predicted octanol–water partition coefficient (Wildman–Crippen LogP) is 8.38. The molecule has 4 heterocycles. The van der Waals surface area contributed by atoms with E-state index in [0.717, 1.165) is 37.8 Å². The average molecular weight is 1110 g/mol. The van der Waals surface area contributed by atoms with E-state index in [4.69, 9.17) is 0 Å². The fourth-order valence-corrected chi connectivity index (χ4v) is 7.16. The molecule has 0 radical (unpaired) electrons. The minimum atomic E-state index is -0.895. The largest absolute Gasteiger partial charge is 0.382 e. The van der Waals surface area contributed by atoms with Gasteiger partial charge in [0.05, 0.1) is 58.1 Å². The Morgan fingerprint density at radius 2 is 1.32 bits per heavy atom.